The number of amides is 1. The lowest BCUT2D eigenvalue weighted by molar-refractivity contribution is -0.139. The van der Waals surface area contributed by atoms with Crippen molar-refractivity contribution in [1.82, 2.24) is 9.97 Å². The minimum absolute atomic E-state index is 0.246. The third kappa shape index (κ3) is 2.62. The molecule has 24 heavy (non-hydrogen) atoms. The van der Waals surface area contributed by atoms with E-state index in [1.54, 1.807) is 6.07 Å². The number of aromatic nitrogens is 2. The summed E-state index contributed by atoms with van der Waals surface area (Å²) in [5.74, 6) is -1.42. The van der Waals surface area contributed by atoms with Gasteiger partial charge < -0.3 is 15.4 Å². The van der Waals surface area contributed by atoms with Crippen LogP contribution < -0.4 is 5.32 Å². The zero-order chi connectivity index (χ0) is 16.7. The molecule has 4 rings (SSSR count). The van der Waals surface area contributed by atoms with Crippen LogP contribution in [0.2, 0.25) is 0 Å². The van der Waals surface area contributed by atoms with E-state index >= 15 is 0 Å². The van der Waals surface area contributed by atoms with Crippen LogP contribution in [-0.2, 0) is 9.59 Å². The number of rotatable bonds is 4. The van der Waals surface area contributed by atoms with E-state index in [1.807, 2.05) is 42.5 Å². The molecule has 2 atom stereocenters. The van der Waals surface area contributed by atoms with E-state index in [-0.39, 0.29) is 5.91 Å². The molecular weight excluding hydrogens is 306 g/mol. The number of imidazole rings is 1. The van der Waals surface area contributed by atoms with Gasteiger partial charge in [-0.05, 0) is 30.7 Å². The van der Waals surface area contributed by atoms with Gasteiger partial charge in [0.15, 0.2) is 0 Å². The Hall–Kier alpha value is -3.15. The standard InChI is InChI=1S/C18H15N3O3/c22-17(12-9-13(12)18(23)24)19-11-5-3-4-10(8-11)16-20-14-6-1-2-7-15(14)21-16/h1-8,12-13H,9H2,(H,19,22)(H,20,21)(H,23,24). The van der Waals surface area contributed by atoms with Crippen LogP contribution in [0.15, 0.2) is 48.5 Å². The van der Waals surface area contributed by atoms with Gasteiger partial charge in [0, 0.05) is 11.3 Å². The van der Waals surface area contributed by atoms with Gasteiger partial charge in [-0.25, -0.2) is 4.98 Å². The average Bonchev–Trinajstić information content (AvgIpc) is 3.27. The van der Waals surface area contributed by atoms with Gasteiger partial charge in [0.05, 0.1) is 22.9 Å². The molecule has 0 spiro atoms. The van der Waals surface area contributed by atoms with Gasteiger partial charge in [-0.2, -0.15) is 0 Å². The highest BCUT2D eigenvalue weighted by atomic mass is 16.4. The van der Waals surface area contributed by atoms with Crippen molar-refractivity contribution in [2.45, 2.75) is 6.42 Å². The van der Waals surface area contributed by atoms with E-state index in [0.29, 0.717) is 12.1 Å². The lowest BCUT2D eigenvalue weighted by Crippen LogP contribution is -2.16. The monoisotopic (exact) mass is 321 g/mol. The quantitative estimate of drug-likeness (QED) is 0.688. The molecule has 1 saturated carbocycles. The molecule has 1 amide bonds. The third-order valence-corrected chi connectivity index (χ3v) is 4.24. The number of carbonyl (C=O) groups excluding carboxylic acids is 1. The molecule has 0 radical (unpaired) electrons. The number of anilines is 1. The Balaban J connectivity index is 1.55. The van der Waals surface area contributed by atoms with Gasteiger partial charge in [-0.3, -0.25) is 9.59 Å². The number of benzene rings is 2. The van der Waals surface area contributed by atoms with Crippen LogP contribution in [0.4, 0.5) is 5.69 Å². The highest BCUT2D eigenvalue weighted by Crippen LogP contribution is 2.39. The van der Waals surface area contributed by atoms with E-state index in [0.717, 1.165) is 22.4 Å². The van der Waals surface area contributed by atoms with Crippen molar-refractivity contribution in [1.29, 1.82) is 0 Å². The lowest BCUT2D eigenvalue weighted by atomic mass is 10.2. The molecule has 0 bridgehead atoms. The number of carbonyl (C=O) groups is 2. The maximum Gasteiger partial charge on any atom is 0.307 e. The predicted octanol–water partition coefficient (Wildman–Crippen LogP) is 2.89. The number of nitrogens with one attached hydrogen (secondary N) is 2. The third-order valence-electron chi connectivity index (χ3n) is 4.24. The summed E-state index contributed by atoms with van der Waals surface area (Å²) in [7, 11) is 0. The van der Waals surface area contributed by atoms with Gasteiger partial charge in [-0.1, -0.05) is 24.3 Å². The van der Waals surface area contributed by atoms with Gasteiger partial charge >= 0.3 is 5.97 Å². The Morgan fingerprint density at radius 3 is 2.71 bits per heavy atom. The summed E-state index contributed by atoms with van der Waals surface area (Å²) >= 11 is 0. The molecule has 0 saturated heterocycles. The molecule has 1 aliphatic rings. The molecule has 3 aromatic rings. The Kier molecular flexibility index (Phi) is 3.30. The molecule has 0 aliphatic heterocycles. The number of hydrogen-bond donors (Lipinski definition) is 3. The van der Waals surface area contributed by atoms with Gasteiger partial charge in [-0.15, -0.1) is 0 Å². The molecule has 2 unspecified atom stereocenters. The van der Waals surface area contributed by atoms with Crippen LogP contribution in [0.5, 0.6) is 0 Å². The average molecular weight is 321 g/mol. The van der Waals surface area contributed by atoms with Crippen LogP contribution in [-0.4, -0.2) is 27.0 Å². The summed E-state index contributed by atoms with van der Waals surface area (Å²) in [5.41, 5.74) is 3.32. The van der Waals surface area contributed by atoms with Crippen LogP contribution in [0.1, 0.15) is 6.42 Å². The van der Waals surface area contributed by atoms with Gasteiger partial charge in [0.2, 0.25) is 5.91 Å². The van der Waals surface area contributed by atoms with E-state index in [2.05, 4.69) is 15.3 Å². The Morgan fingerprint density at radius 1 is 1.12 bits per heavy atom. The molecule has 2 aromatic carbocycles. The second kappa shape index (κ2) is 5.49. The van der Waals surface area contributed by atoms with Gasteiger partial charge in [0.25, 0.3) is 0 Å². The highest BCUT2D eigenvalue weighted by Gasteiger charge is 2.48. The lowest BCUT2D eigenvalue weighted by Gasteiger charge is -2.06. The Bertz CT molecular complexity index is 914. The first-order valence-corrected chi connectivity index (χ1v) is 7.70. The number of aromatic amines is 1. The molecule has 1 aromatic heterocycles. The summed E-state index contributed by atoms with van der Waals surface area (Å²) in [6.07, 6.45) is 0.407. The SMILES string of the molecule is O=C(O)C1CC1C(=O)Nc1cccc(-c2nc3ccccc3[nH]2)c1. The van der Waals surface area contributed by atoms with Crippen molar-refractivity contribution >= 4 is 28.6 Å². The van der Waals surface area contributed by atoms with E-state index in [1.165, 1.54) is 0 Å². The molecule has 6 nitrogen and oxygen atoms in total. The van der Waals surface area contributed by atoms with Crippen LogP contribution >= 0.6 is 0 Å². The van der Waals surface area contributed by atoms with Gasteiger partial charge in [0.1, 0.15) is 5.82 Å². The fourth-order valence-electron chi connectivity index (χ4n) is 2.83. The van der Waals surface area contributed by atoms with Crippen molar-refractivity contribution in [3.8, 4) is 11.4 Å². The fourth-order valence-corrected chi connectivity index (χ4v) is 2.83. The van der Waals surface area contributed by atoms with Crippen molar-refractivity contribution in [3.63, 3.8) is 0 Å². The molecule has 120 valence electrons. The van der Waals surface area contributed by atoms with Crippen LogP contribution in [0.25, 0.3) is 22.4 Å². The second-order valence-electron chi connectivity index (χ2n) is 5.96. The number of hydrogen-bond acceptors (Lipinski definition) is 3. The van der Waals surface area contributed by atoms with Crippen molar-refractivity contribution in [2.24, 2.45) is 11.8 Å². The summed E-state index contributed by atoms with van der Waals surface area (Å²) in [6.45, 7) is 0. The Labute approximate surface area is 137 Å². The van der Waals surface area contributed by atoms with E-state index in [9.17, 15) is 9.59 Å². The molecule has 1 heterocycles. The maximum atomic E-state index is 12.1. The normalized spacial score (nSPS) is 19.2. The number of carboxylic acids is 1. The summed E-state index contributed by atoms with van der Waals surface area (Å²) in [4.78, 5) is 30.7. The number of fused-ring (bicyclic) bond motifs is 1. The largest absolute Gasteiger partial charge is 0.481 e. The molecule has 6 heteroatoms. The van der Waals surface area contributed by atoms with E-state index in [4.69, 9.17) is 5.11 Å². The molecular formula is C18H15N3O3. The highest BCUT2D eigenvalue weighted by molar-refractivity contribution is 5.98. The van der Waals surface area contributed by atoms with Crippen LogP contribution in [0, 0.1) is 11.8 Å². The first-order valence-electron chi connectivity index (χ1n) is 7.70. The van der Waals surface area contributed by atoms with Crippen molar-refractivity contribution in [3.05, 3.63) is 48.5 Å². The van der Waals surface area contributed by atoms with E-state index < -0.39 is 17.8 Å². The van der Waals surface area contributed by atoms with Crippen LogP contribution in [0.3, 0.4) is 0 Å². The number of aliphatic carboxylic acids is 1. The van der Waals surface area contributed by atoms with Crippen molar-refractivity contribution < 1.29 is 14.7 Å². The predicted molar refractivity (Wildman–Crippen MR) is 89.4 cm³/mol. The second-order valence-corrected chi connectivity index (χ2v) is 5.96. The topological polar surface area (TPSA) is 95.1 Å². The summed E-state index contributed by atoms with van der Waals surface area (Å²) in [5, 5.41) is 11.7. The number of carboxylic acid groups (broad SMARTS) is 1. The molecule has 1 aliphatic carbocycles. The zero-order valence-electron chi connectivity index (χ0n) is 12.7. The first kappa shape index (κ1) is 14.4. The smallest absolute Gasteiger partial charge is 0.307 e. The first-order chi connectivity index (χ1) is 11.6. The maximum absolute atomic E-state index is 12.1. The number of nitrogens with zero attached hydrogens (tertiary/aromatic N) is 1. The number of para-hydroxylation sites is 2. The Morgan fingerprint density at radius 2 is 1.96 bits per heavy atom. The molecule has 1 fully saturated rings. The fraction of sp³-hybridized carbons (Fsp3) is 0.167. The molecule has 3 N–H and O–H groups in total. The minimum Gasteiger partial charge on any atom is -0.481 e. The number of H-pyrrole nitrogens is 1. The summed E-state index contributed by atoms with van der Waals surface area (Å²) in [6, 6.07) is 15.1. The summed E-state index contributed by atoms with van der Waals surface area (Å²) < 4.78 is 0. The zero-order valence-corrected chi connectivity index (χ0v) is 12.7. The van der Waals surface area contributed by atoms with Crippen molar-refractivity contribution in [2.75, 3.05) is 5.32 Å². The minimum atomic E-state index is -0.911.